The minimum atomic E-state index is -0.235. The number of ether oxygens (including phenoxy) is 1. The first kappa shape index (κ1) is 15.7. The van der Waals surface area contributed by atoms with Crippen LogP contribution in [0.25, 0.3) is 0 Å². The molecule has 4 aliphatic carbocycles. The summed E-state index contributed by atoms with van der Waals surface area (Å²) >= 11 is 0. The van der Waals surface area contributed by atoms with Gasteiger partial charge in [-0.1, -0.05) is 19.9 Å². The van der Waals surface area contributed by atoms with Crippen LogP contribution in [0.15, 0.2) is 12.2 Å². The molecule has 6 aliphatic rings. The van der Waals surface area contributed by atoms with Crippen LogP contribution in [0.3, 0.4) is 0 Å². The number of aliphatic hydroxyl groups excluding tert-OH is 1. The lowest BCUT2D eigenvalue weighted by Gasteiger charge is -2.70. The number of rotatable bonds is 0. The lowest BCUT2D eigenvalue weighted by Crippen LogP contribution is -2.70. The van der Waals surface area contributed by atoms with E-state index >= 15 is 0 Å². The summed E-state index contributed by atoms with van der Waals surface area (Å²) in [5.74, 6) is 2.09. The van der Waals surface area contributed by atoms with E-state index < -0.39 is 0 Å². The van der Waals surface area contributed by atoms with Gasteiger partial charge < -0.3 is 9.84 Å². The Bertz CT molecular complexity index is 634. The van der Waals surface area contributed by atoms with Gasteiger partial charge in [0, 0.05) is 23.9 Å². The molecule has 4 bridgehead atoms. The van der Waals surface area contributed by atoms with Crippen molar-refractivity contribution < 1.29 is 9.84 Å². The van der Waals surface area contributed by atoms with Gasteiger partial charge in [0.25, 0.3) is 0 Å². The van der Waals surface area contributed by atoms with Gasteiger partial charge in [-0.25, -0.2) is 0 Å². The summed E-state index contributed by atoms with van der Waals surface area (Å²) in [6.07, 6.45) is 10.5. The average Bonchev–Trinajstić information content (AvgIpc) is 3.13. The molecular formula is C22H33NO2. The lowest BCUT2D eigenvalue weighted by atomic mass is 9.38. The van der Waals surface area contributed by atoms with Crippen molar-refractivity contribution in [3.05, 3.63) is 12.2 Å². The third kappa shape index (κ3) is 1.62. The Morgan fingerprint density at radius 2 is 2.00 bits per heavy atom. The zero-order valence-corrected chi connectivity index (χ0v) is 15.7. The van der Waals surface area contributed by atoms with Crippen LogP contribution in [0.5, 0.6) is 0 Å². The summed E-state index contributed by atoms with van der Waals surface area (Å²) in [6, 6.07) is 0. The molecule has 0 aromatic carbocycles. The third-order valence-corrected chi connectivity index (χ3v) is 10.0. The van der Waals surface area contributed by atoms with Gasteiger partial charge in [-0.05, 0) is 73.7 Å². The zero-order chi connectivity index (χ0) is 17.0. The second kappa shape index (κ2) is 4.72. The topological polar surface area (TPSA) is 32.7 Å². The number of aliphatic hydroxyl groups is 1. The molecular weight excluding hydrogens is 310 g/mol. The molecule has 4 unspecified atom stereocenters. The van der Waals surface area contributed by atoms with Crippen LogP contribution in [0, 0.1) is 34.0 Å². The largest absolute Gasteiger partial charge is 0.388 e. The molecule has 0 aromatic heterocycles. The molecule has 0 aromatic rings. The summed E-state index contributed by atoms with van der Waals surface area (Å²) in [6.45, 7) is 10.1. The number of nitrogens with zero attached hydrogens (tertiary/aromatic N) is 1. The number of fused-ring (bicyclic) bond motifs is 3. The minimum absolute atomic E-state index is 0.155. The highest BCUT2D eigenvalue weighted by Crippen LogP contribution is 2.74. The SMILES string of the molecule is C=C1C2CCC3[C@@]45CCC[C@@](C)(C6OCCN6C4)C5CC[C@]3(C2)[C@H]1O. The van der Waals surface area contributed by atoms with Gasteiger partial charge in [0.1, 0.15) is 6.23 Å². The molecule has 2 saturated heterocycles. The highest BCUT2D eigenvalue weighted by molar-refractivity contribution is 5.28. The fourth-order valence-corrected chi connectivity index (χ4v) is 9.34. The van der Waals surface area contributed by atoms with Crippen LogP contribution in [0.1, 0.15) is 58.3 Å². The summed E-state index contributed by atoms with van der Waals surface area (Å²) in [7, 11) is 0. The van der Waals surface area contributed by atoms with E-state index in [0.717, 1.165) is 19.1 Å². The Balaban J connectivity index is 1.49. The second-order valence-electron chi connectivity index (χ2n) is 10.6. The molecule has 0 amide bonds. The van der Waals surface area contributed by atoms with E-state index in [1.165, 1.54) is 63.5 Å². The fraction of sp³-hybridized carbons (Fsp3) is 0.909. The van der Waals surface area contributed by atoms with Crippen molar-refractivity contribution in [1.82, 2.24) is 4.90 Å². The molecule has 4 saturated carbocycles. The Labute approximate surface area is 151 Å². The monoisotopic (exact) mass is 343 g/mol. The molecule has 25 heavy (non-hydrogen) atoms. The zero-order valence-electron chi connectivity index (χ0n) is 15.7. The van der Waals surface area contributed by atoms with Crippen molar-refractivity contribution in [1.29, 1.82) is 0 Å². The number of piperidine rings is 1. The molecule has 138 valence electrons. The van der Waals surface area contributed by atoms with Gasteiger partial charge in [-0.15, -0.1) is 0 Å². The Morgan fingerprint density at radius 1 is 1.12 bits per heavy atom. The van der Waals surface area contributed by atoms with Crippen molar-refractivity contribution in [2.24, 2.45) is 34.0 Å². The quantitative estimate of drug-likeness (QED) is 0.683. The van der Waals surface area contributed by atoms with E-state index in [2.05, 4.69) is 18.4 Å². The van der Waals surface area contributed by atoms with E-state index in [-0.39, 0.29) is 11.5 Å². The maximum absolute atomic E-state index is 11.3. The predicted molar refractivity (Wildman–Crippen MR) is 96.8 cm³/mol. The van der Waals surface area contributed by atoms with E-state index in [1.807, 2.05) is 0 Å². The van der Waals surface area contributed by atoms with Crippen LogP contribution in [-0.2, 0) is 4.74 Å². The first-order valence-electron chi connectivity index (χ1n) is 10.7. The van der Waals surface area contributed by atoms with Crippen molar-refractivity contribution in [3.8, 4) is 0 Å². The Morgan fingerprint density at radius 3 is 2.88 bits per heavy atom. The molecule has 8 atom stereocenters. The standard InChI is InChI=1S/C22H33NO2/c1-14-15-4-5-17-21(12-15,18(14)24)9-6-16-20(2)7-3-8-22(16,17)13-23-10-11-25-19(20)23/h15-19,24H,1,3-13H2,2H3/t15?,16?,17?,18-,19?,20+,21+,22-/m0/s1. The predicted octanol–water partition coefficient (Wildman–Crippen LogP) is 3.58. The molecule has 1 N–H and O–H groups in total. The molecule has 2 heterocycles. The van der Waals surface area contributed by atoms with Crippen molar-refractivity contribution in [2.45, 2.75) is 70.6 Å². The Kier molecular flexibility index (Phi) is 2.95. The smallest absolute Gasteiger partial charge is 0.116 e. The van der Waals surface area contributed by atoms with Crippen molar-refractivity contribution >= 4 is 0 Å². The molecule has 3 heteroatoms. The summed E-state index contributed by atoms with van der Waals surface area (Å²) in [5.41, 5.74) is 2.08. The van der Waals surface area contributed by atoms with Crippen LogP contribution in [0.4, 0.5) is 0 Å². The number of hydrogen-bond acceptors (Lipinski definition) is 3. The van der Waals surface area contributed by atoms with Crippen LogP contribution in [-0.4, -0.2) is 42.0 Å². The minimum Gasteiger partial charge on any atom is -0.388 e. The summed E-state index contributed by atoms with van der Waals surface area (Å²) in [5, 5.41) is 11.3. The molecule has 2 aliphatic heterocycles. The maximum atomic E-state index is 11.3. The summed E-state index contributed by atoms with van der Waals surface area (Å²) in [4.78, 5) is 2.69. The average molecular weight is 344 g/mol. The van der Waals surface area contributed by atoms with Gasteiger partial charge in [0.05, 0.1) is 12.7 Å². The Hall–Kier alpha value is -0.380. The van der Waals surface area contributed by atoms with E-state index in [4.69, 9.17) is 4.74 Å². The molecule has 3 nitrogen and oxygen atoms in total. The van der Waals surface area contributed by atoms with E-state index in [0.29, 0.717) is 28.9 Å². The van der Waals surface area contributed by atoms with Gasteiger partial charge in [0.2, 0.25) is 0 Å². The number of hydrogen-bond donors (Lipinski definition) is 1. The summed E-state index contributed by atoms with van der Waals surface area (Å²) < 4.78 is 6.29. The van der Waals surface area contributed by atoms with Crippen LogP contribution in [0.2, 0.25) is 0 Å². The first-order valence-corrected chi connectivity index (χ1v) is 10.7. The highest BCUT2D eigenvalue weighted by atomic mass is 16.5. The van der Waals surface area contributed by atoms with Crippen molar-refractivity contribution in [2.75, 3.05) is 19.7 Å². The van der Waals surface area contributed by atoms with E-state index in [9.17, 15) is 5.11 Å². The normalized spacial score (nSPS) is 60.1. The molecule has 1 spiro atoms. The van der Waals surface area contributed by atoms with E-state index in [1.54, 1.807) is 0 Å². The fourth-order valence-electron chi connectivity index (χ4n) is 9.34. The van der Waals surface area contributed by atoms with Crippen molar-refractivity contribution in [3.63, 3.8) is 0 Å². The maximum Gasteiger partial charge on any atom is 0.116 e. The van der Waals surface area contributed by atoms with Gasteiger partial charge in [-0.2, -0.15) is 0 Å². The molecule has 6 rings (SSSR count). The van der Waals surface area contributed by atoms with Crippen LogP contribution < -0.4 is 0 Å². The van der Waals surface area contributed by atoms with Crippen LogP contribution >= 0.6 is 0 Å². The van der Waals surface area contributed by atoms with Gasteiger partial charge in [-0.3, -0.25) is 4.90 Å². The third-order valence-electron chi connectivity index (χ3n) is 10.0. The van der Waals surface area contributed by atoms with Gasteiger partial charge >= 0.3 is 0 Å². The first-order chi connectivity index (χ1) is 12.0. The highest BCUT2D eigenvalue weighted by Gasteiger charge is 2.71. The second-order valence-corrected chi connectivity index (χ2v) is 10.6. The van der Waals surface area contributed by atoms with Gasteiger partial charge in [0.15, 0.2) is 0 Å². The molecule has 6 fully saturated rings. The lowest BCUT2D eigenvalue weighted by molar-refractivity contribution is -0.259. The molecule has 0 radical (unpaired) electrons.